The quantitative estimate of drug-likeness (QED) is 0.678. The van der Waals surface area contributed by atoms with Crippen molar-refractivity contribution >= 4 is 5.78 Å². The largest absolute Gasteiger partial charge is 0.370 e. The molecule has 0 spiro atoms. The van der Waals surface area contributed by atoms with Crippen LogP contribution < -0.4 is 0 Å². The first kappa shape index (κ1) is 9.40. The monoisotopic (exact) mass is 194 g/mol. The standard InChI is InChI=1S/C10H14N2O2/c1-12-8(4-7-11-12)9(13)10(14-2)5-3-6-10/h4,7H,3,5-6H2,1-2H3. The minimum Gasteiger partial charge on any atom is -0.370 e. The van der Waals surface area contributed by atoms with E-state index in [4.69, 9.17) is 4.74 Å². The number of aromatic nitrogens is 2. The maximum Gasteiger partial charge on any atom is 0.212 e. The van der Waals surface area contributed by atoms with Gasteiger partial charge in [0, 0.05) is 20.4 Å². The lowest BCUT2D eigenvalue weighted by Gasteiger charge is -2.38. The Kier molecular flexibility index (Phi) is 2.15. The van der Waals surface area contributed by atoms with Gasteiger partial charge in [0.05, 0.1) is 0 Å². The van der Waals surface area contributed by atoms with Gasteiger partial charge in [-0.2, -0.15) is 5.10 Å². The van der Waals surface area contributed by atoms with Gasteiger partial charge in [0.1, 0.15) is 11.3 Å². The van der Waals surface area contributed by atoms with Gasteiger partial charge in [0.15, 0.2) is 0 Å². The fraction of sp³-hybridized carbons (Fsp3) is 0.600. The van der Waals surface area contributed by atoms with Crippen molar-refractivity contribution in [3.63, 3.8) is 0 Å². The second-order valence-electron chi connectivity index (χ2n) is 3.72. The molecule has 1 aromatic heterocycles. The van der Waals surface area contributed by atoms with Crippen molar-refractivity contribution in [1.29, 1.82) is 0 Å². The average molecular weight is 194 g/mol. The molecule has 0 aliphatic heterocycles. The molecule has 0 radical (unpaired) electrons. The third-order valence-electron chi connectivity index (χ3n) is 3.02. The van der Waals surface area contributed by atoms with Gasteiger partial charge in [-0.15, -0.1) is 0 Å². The number of carbonyl (C=O) groups is 1. The number of ketones is 1. The second kappa shape index (κ2) is 3.20. The van der Waals surface area contributed by atoms with Crippen LogP contribution in [0.2, 0.25) is 0 Å². The van der Waals surface area contributed by atoms with Crippen LogP contribution in [0.15, 0.2) is 12.3 Å². The zero-order valence-electron chi connectivity index (χ0n) is 8.49. The third-order valence-corrected chi connectivity index (χ3v) is 3.02. The zero-order chi connectivity index (χ0) is 10.2. The first-order valence-corrected chi connectivity index (χ1v) is 4.77. The molecule has 1 heterocycles. The fourth-order valence-electron chi connectivity index (χ4n) is 1.85. The van der Waals surface area contributed by atoms with Crippen LogP contribution in [-0.4, -0.2) is 28.3 Å². The van der Waals surface area contributed by atoms with E-state index in [9.17, 15) is 4.79 Å². The maximum atomic E-state index is 12.1. The number of aryl methyl sites for hydroxylation is 1. The first-order valence-electron chi connectivity index (χ1n) is 4.77. The second-order valence-corrected chi connectivity index (χ2v) is 3.72. The molecule has 1 aromatic rings. The molecule has 0 atom stereocenters. The predicted molar refractivity (Wildman–Crippen MR) is 51.1 cm³/mol. The van der Waals surface area contributed by atoms with Crippen LogP contribution in [-0.2, 0) is 11.8 Å². The minimum absolute atomic E-state index is 0.0613. The molecule has 0 bridgehead atoms. The molecule has 1 saturated carbocycles. The molecular weight excluding hydrogens is 180 g/mol. The van der Waals surface area contributed by atoms with Crippen LogP contribution in [0.5, 0.6) is 0 Å². The van der Waals surface area contributed by atoms with Crippen molar-refractivity contribution in [2.75, 3.05) is 7.11 Å². The van der Waals surface area contributed by atoms with Crippen LogP contribution in [0.4, 0.5) is 0 Å². The fourth-order valence-corrected chi connectivity index (χ4v) is 1.85. The van der Waals surface area contributed by atoms with Crippen molar-refractivity contribution in [1.82, 2.24) is 9.78 Å². The van der Waals surface area contributed by atoms with Gasteiger partial charge < -0.3 is 4.74 Å². The molecular formula is C10H14N2O2. The summed E-state index contributed by atoms with van der Waals surface area (Å²) in [4.78, 5) is 12.1. The minimum atomic E-state index is -0.562. The van der Waals surface area contributed by atoms with E-state index in [1.54, 1.807) is 31.1 Å². The van der Waals surface area contributed by atoms with E-state index in [1.165, 1.54) is 0 Å². The number of nitrogens with zero attached hydrogens (tertiary/aromatic N) is 2. The predicted octanol–water partition coefficient (Wildman–Crippen LogP) is 1.17. The van der Waals surface area contributed by atoms with Crippen molar-refractivity contribution in [2.45, 2.75) is 24.9 Å². The Morgan fingerprint density at radius 3 is 2.71 bits per heavy atom. The van der Waals surface area contributed by atoms with Crippen molar-refractivity contribution < 1.29 is 9.53 Å². The normalized spacial score (nSPS) is 19.0. The Morgan fingerprint density at radius 2 is 2.36 bits per heavy atom. The van der Waals surface area contributed by atoms with E-state index in [0.717, 1.165) is 19.3 Å². The highest BCUT2D eigenvalue weighted by atomic mass is 16.5. The van der Waals surface area contributed by atoms with Gasteiger partial charge in [-0.25, -0.2) is 0 Å². The topological polar surface area (TPSA) is 44.1 Å². The van der Waals surface area contributed by atoms with Crippen molar-refractivity contribution in [3.05, 3.63) is 18.0 Å². The summed E-state index contributed by atoms with van der Waals surface area (Å²) in [6.45, 7) is 0. The smallest absolute Gasteiger partial charge is 0.212 e. The first-order chi connectivity index (χ1) is 6.69. The lowest BCUT2D eigenvalue weighted by molar-refractivity contribution is -0.0454. The van der Waals surface area contributed by atoms with Crippen molar-refractivity contribution in [2.24, 2.45) is 7.05 Å². The van der Waals surface area contributed by atoms with Gasteiger partial charge in [0.25, 0.3) is 0 Å². The molecule has 0 amide bonds. The number of ether oxygens (including phenoxy) is 1. The van der Waals surface area contributed by atoms with Gasteiger partial charge in [-0.05, 0) is 25.3 Å². The zero-order valence-corrected chi connectivity index (χ0v) is 8.49. The van der Waals surface area contributed by atoms with Gasteiger partial charge in [-0.1, -0.05) is 0 Å². The van der Waals surface area contributed by atoms with Crippen LogP contribution in [0, 0.1) is 0 Å². The molecule has 14 heavy (non-hydrogen) atoms. The Labute approximate surface area is 82.9 Å². The SMILES string of the molecule is COC1(C(=O)c2ccnn2C)CCC1. The summed E-state index contributed by atoms with van der Waals surface area (Å²) in [5.74, 6) is 0.0613. The molecule has 1 aliphatic carbocycles. The summed E-state index contributed by atoms with van der Waals surface area (Å²) in [5, 5.41) is 3.98. The van der Waals surface area contributed by atoms with Gasteiger partial charge >= 0.3 is 0 Å². The number of rotatable bonds is 3. The van der Waals surface area contributed by atoms with Crippen LogP contribution in [0.25, 0.3) is 0 Å². The highest BCUT2D eigenvalue weighted by Gasteiger charge is 2.45. The van der Waals surface area contributed by atoms with Crippen molar-refractivity contribution in [3.8, 4) is 0 Å². The summed E-state index contributed by atoms with van der Waals surface area (Å²) in [5.41, 5.74) is 0.0694. The van der Waals surface area contributed by atoms with Crippen LogP contribution >= 0.6 is 0 Å². The highest BCUT2D eigenvalue weighted by molar-refractivity contribution is 6.01. The lowest BCUT2D eigenvalue weighted by Crippen LogP contribution is -2.47. The molecule has 1 aliphatic rings. The van der Waals surface area contributed by atoms with E-state index in [-0.39, 0.29) is 5.78 Å². The number of hydrogen-bond donors (Lipinski definition) is 0. The number of Topliss-reactive ketones (excluding diaryl/α,β-unsaturated/α-hetero) is 1. The molecule has 1 fully saturated rings. The summed E-state index contributed by atoms with van der Waals surface area (Å²) < 4.78 is 6.92. The molecule has 2 rings (SSSR count). The molecule has 4 heteroatoms. The molecule has 4 nitrogen and oxygen atoms in total. The third kappa shape index (κ3) is 1.18. The Morgan fingerprint density at radius 1 is 1.64 bits per heavy atom. The Balaban J connectivity index is 2.27. The molecule has 0 aromatic carbocycles. The number of methoxy groups -OCH3 is 1. The molecule has 0 N–H and O–H groups in total. The Bertz CT molecular complexity index is 347. The van der Waals surface area contributed by atoms with Crippen LogP contribution in [0.3, 0.4) is 0 Å². The molecule has 76 valence electrons. The summed E-state index contributed by atoms with van der Waals surface area (Å²) in [6.07, 6.45) is 4.35. The van der Waals surface area contributed by atoms with E-state index >= 15 is 0 Å². The van der Waals surface area contributed by atoms with Gasteiger partial charge in [-0.3, -0.25) is 9.48 Å². The van der Waals surface area contributed by atoms with Crippen LogP contribution in [0.1, 0.15) is 29.8 Å². The maximum absolute atomic E-state index is 12.1. The highest BCUT2D eigenvalue weighted by Crippen LogP contribution is 2.37. The number of hydrogen-bond acceptors (Lipinski definition) is 3. The molecule has 0 unspecified atom stereocenters. The van der Waals surface area contributed by atoms with E-state index in [2.05, 4.69) is 5.10 Å². The summed E-state index contributed by atoms with van der Waals surface area (Å²) >= 11 is 0. The van der Waals surface area contributed by atoms with Gasteiger partial charge in [0.2, 0.25) is 5.78 Å². The summed E-state index contributed by atoms with van der Waals surface area (Å²) in [6, 6.07) is 1.74. The van der Waals surface area contributed by atoms with E-state index in [0.29, 0.717) is 5.69 Å². The molecule has 0 saturated heterocycles. The number of carbonyl (C=O) groups excluding carboxylic acids is 1. The average Bonchev–Trinajstić information content (AvgIpc) is 2.50. The lowest BCUT2D eigenvalue weighted by atomic mass is 9.76. The van der Waals surface area contributed by atoms with E-state index < -0.39 is 5.60 Å². The summed E-state index contributed by atoms with van der Waals surface area (Å²) in [7, 11) is 3.38. The van der Waals surface area contributed by atoms with E-state index in [1.807, 2.05) is 0 Å². The Hall–Kier alpha value is -1.16.